The number of hydrogen-bond donors (Lipinski definition) is 1. The molecule has 1 saturated heterocycles. The number of hydrogen-bond acceptors (Lipinski definition) is 6. The van der Waals surface area contributed by atoms with Crippen LogP contribution < -0.4 is 0 Å². The fourth-order valence-electron chi connectivity index (χ4n) is 2.74. The van der Waals surface area contributed by atoms with E-state index < -0.39 is 9.84 Å². The number of nitrogens with one attached hydrogen (secondary N) is 1. The van der Waals surface area contributed by atoms with Gasteiger partial charge in [-0.15, -0.1) is 0 Å². The Morgan fingerprint density at radius 3 is 2.91 bits per heavy atom. The maximum absolute atomic E-state index is 11.9. The van der Waals surface area contributed by atoms with Gasteiger partial charge in [0.25, 0.3) is 0 Å². The van der Waals surface area contributed by atoms with Crippen LogP contribution in [-0.2, 0) is 21.1 Å². The van der Waals surface area contributed by atoms with Gasteiger partial charge in [0, 0.05) is 31.2 Å². The molecule has 8 heteroatoms. The normalized spacial score (nSPS) is 19.8. The number of pyridine rings is 1. The second kappa shape index (κ2) is 6.38. The highest BCUT2D eigenvalue weighted by Crippen LogP contribution is 2.28. The molecule has 3 heterocycles. The first-order chi connectivity index (χ1) is 10.9. The number of H-pyrrole nitrogens is 1. The summed E-state index contributed by atoms with van der Waals surface area (Å²) in [6, 6.07) is 3.85. The molecule has 2 aromatic rings. The van der Waals surface area contributed by atoms with Crippen molar-refractivity contribution in [3.63, 3.8) is 0 Å². The third-order valence-corrected chi connectivity index (χ3v) is 5.09. The predicted octanol–water partition coefficient (Wildman–Crippen LogP) is 1.09. The molecule has 1 atom stereocenters. The number of aromatic amines is 1. The summed E-state index contributed by atoms with van der Waals surface area (Å²) in [5.41, 5.74) is 2.65. The van der Waals surface area contributed by atoms with Gasteiger partial charge in [0.1, 0.15) is 4.90 Å². The molecule has 1 fully saturated rings. The molecular formula is C15H20N4O3S. The fraction of sp³-hybridized carbons (Fsp3) is 0.467. The lowest BCUT2D eigenvalue weighted by atomic mass is 10.1. The van der Waals surface area contributed by atoms with Crippen LogP contribution >= 0.6 is 0 Å². The molecule has 1 aliphatic heterocycles. The van der Waals surface area contributed by atoms with Crippen molar-refractivity contribution in [1.29, 1.82) is 0 Å². The lowest BCUT2D eigenvalue weighted by Crippen LogP contribution is -2.39. The molecule has 0 aliphatic carbocycles. The number of aryl methyl sites for hydroxylation is 1. The Bertz CT molecular complexity index is 770. The molecule has 0 spiro atoms. The molecule has 2 aromatic heterocycles. The number of rotatable bonds is 4. The summed E-state index contributed by atoms with van der Waals surface area (Å²) < 4.78 is 29.4. The smallest absolute Gasteiger partial charge is 0.178 e. The summed E-state index contributed by atoms with van der Waals surface area (Å²) in [5.74, 6) is 0. The molecule has 0 aromatic carbocycles. The summed E-state index contributed by atoms with van der Waals surface area (Å²) in [7, 11) is -3.33. The first-order valence-corrected chi connectivity index (χ1v) is 9.31. The average Bonchev–Trinajstić information content (AvgIpc) is 3.00. The van der Waals surface area contributed by atoms with Crippen LogP contribution in [0.4, 0.5) is 0 Å². The molecule has 124 valence electrons. The standard InChI is InChI=1S/C15H20N4O3S/c1-11-3-4-12(7-16-11)9-19-5-6-22-10-13(19)15-14(8-17-18-15)23(2,20)21/h3-4,7-8,13H,5-6,9-10H2,1-2H3,(H,17,18)/t13-/m1/s1. The Hall–Kier alpha value is -1.77. The Morgan fingerprint density at radius 2 is 2.22 bits per heavy atom. The Balaban J connectivity index is 1.87. The average molecular weight is 336 g/mol. The Morgan fingerprint density at radius 1 is 1.39 bits per heavy atom. The fourth-order valence-corrected chi connectivity index (χ4v) is 3.56. The van der Waals surface area contributed by atoms with Gasteiger partial charge in [-0.2, -0.15) is 5.10 Å². The molecule has 7 nitrogen and oxygen atoms in total. The van der Waals surface area contributed by atoms with Gasteiger partial charge in [-0.3, -0.25) is 15.0 Å². The maximum Gasteiger partial charge on any atom is 0.178 e. The van der Waals surface area contributed by atoms with Gasteiger partial charge < -0.3 is 4.74 Å². The molecule has 1 aliphatic rings. The van der Waals surface area contributed by atoms with Crippen LogP contribution in [0.1, 0.15) is 23.0 Å². The monoisotopic (exact) mass is 336 g/mol. The molecular weight excluding hydrogens is 316 g/mol. The van der Waals surface area contributed by atoms with Crippen LogP contribution in [0.2, 0.25) is 0 Å². The van der Waals surface area contributed by atoms with E-state index in [4.69, 9.17) is 4.74 Å². The van der Waals surface area contributed by atoms with E-state index in [9.17, 15) is 8.42 Å². The van der Waals surface area contributed by atoms with Crippen LogP contribution in [0.25, 0.3) is 0 Å². The van der Waals surface area contributed by atoms with Crippen LogP contribution in [0, 0.1) is 6.92 Å². The third-order valence-electron chi connectivity index (χ3n) is 3.96. The van der Waals surface area contributed by atoms with Crippen LogP contribution in [0.15, 0.2) is 29.4 Å². The second-order valence-electron chi connectivity index (χ2n) is 5.79. The number of sulfone groups is 1. The summed E-state index contributed by atoms with van der Waals surface area (Å²) in [4.78, 5) is 6.74. The van der Waals surface area contributed by atoms with Gasteiger partial charge in [0.05, 0.1) is 31.1 Å². The summed E-state index contributed by atoms with van der Waals surface area (Å²) in [6.07, 6.45) is 4.41. The Labute approximate surface area is 135 Å². The van der Waals surface area contributed by atoms with Crippen LogP contribution in [-0.4, -0.2) is 54.5 Å². The van der Waals surface area contributed by atoms with Gasteiger partial charge >= 0.3 is 0 Å². The highest BCUT2D eigenvalue weighted by Gasteiger charge is 2.30. The van der Waals surface area contributed by atoms with E-state index in [1.54, 1.807) is 0 Å². The lowest BCUT2D eigenvalue weighted by molar-refractivity contribution is -0.0152. The first kappa shape index (κ1) is 16.1. The van der Waals surface area contributed by atoms with E-state index in [-0.39, 0.29) is 10.9 Å². The molecule has 3 rings (SSSR count). The molecule has 0 radical (unpaired) electrons. The number of ether oxygens (including phenoxy) is 1. The van der Waals surface area contributed by atoms with Crippen molar-refractivity contribution in [3.05, 3.63) is 41.5 Å². The van der Waals surface area contributed by atoms with Crippen molar-refractivity contribution in [2.75, 3.05) is 26.0 Å². The first-order valence-electron chi connectivity index (χ1n) is 7.42. The lowest BCUT2D eigenvalue weighted by Gasteiger charge is -2.35. The quantitative estimate of drug-likeness (QED) is 0.899. The minimum absolute atomic E-state index is 0.169. The van der Waals surface area contributed by atoms with Crippen molar-refractivity contribution >= 4 is 9.84 Å². The van der Waals surface area contributed by atoms with Crippen LogP contribution in [0.5, 0.6) is 0 Å². The van der Waals surface area contributed by atoms with Gasteiger partial charge in [0.15, 0.2) is 9.84 Å². The van der Waals surface area contributed by atoms with Gasteiger partial charge in [-0.25, -0.2) is 8.42 Å². The van der Waals surface area contributed by atoms with Crippen molar-refractivity contribution in [3.8, 4) is 0 Å². The molecule has 23 heavy (non-hydrogen) atoms. The molecule has 0 unspecified atom stereocenters. The maximum atomic E-state index is 11.9. The highest BCUT2D eigenvalue weighted by atomic mass is 32.2. The van der Waals surface area contributed by atoms with E-state index in [2.05, 4.69) is 20.1 Å². The molecule has 0 bridgehead atoms. The number of aromatic nitrogens is 3. The number of nitrogens with zero attached hydrogens (tertiary/aromatic N) is 3. The summed E-state index contributed by atoms with van der Waals surface area (Å²) in [6.45, 7) is 4.41. The summed E-state index contributed by atoms with van der Waals surface area (Å²) in [5, 5.41) is 6.76. The van der Waals surface area contributed by atoms with E-state index >= 15 is 0 Å². The van der Waals surface area contributed by atoms with Crippen molar-refractivity contribution in [2.24, 2.45) is 0 Å². The SMILES string of the molecule is Cc1ccc(CN2CCOC[C@@H]2c2[nH]ncc2S(C)(=O)=O)cn1. The highest BCUT2D eigenvalue weighted by molar-refractivity contribution is 7.90. The van der Waals surface area contributed by atoms with E-state index in [0.29, 0.717) is 25.5 Å². The predicted molar refractivity (Wildman–Crippen MR) is 84.6 cm³/mol. The van der Waals surface area contributed by atoms with Crippen molar-refractivity contribution in [1.82, 2.24) is 20.1 Å². The van der Waals surface area contributed by atoms with Crippen LogP contribution in [0.3, 0.4) is 0 Å². The van der Waals surface area contributed by atoms with Gasteiger partial charge in [-0.1, -0.05) is 6.07 Å². The van der Waals surface area contributed by atoms with Crippen molar-refractivity contribution in [2.45, 2.75) is 24.4 Å². The van der Waals surface area contributed by atoms with E-state index in [1.165, 1.54) is 12.5 Å². The molecule has 1 N–H and O–H groups in total. The topological polar surface area (TPSA) is 88.2 Å². The number of morpholine rings is 1. The van der Waals surface area contributed by atoms with E-state index in [0.717, 1.165) is 17.8 Å². The third kappa shape index (κ3) is 3.60. The largest absolute Gasteiger partial charge is 0.378 e. The van der Waals surface area contributed by atoms with Gasteiger partial charge in [0.2, 0.25) is 0 Å². The summed E-state index contributed by atoms with van der Waals surface area (Å²) >= 11 is 0. The molecule has 0 saturated carbocycles. The van der Waals surface area contributed by atoms with Gasteiger partial charge in [-0.05, 0) is 18.6 Å². The minimum atomic E-state index is -3.33. The van der Waals surface area contributed by atoms with Crippen molar-refractivity contribution < 1.29 is 13.2 Å². The Kier molecular flexibility index (Phi) is 4.47. The second-order valence-corrected chi connectivity index (χ2v) is 7.77. The van der Waals surface area contributed by atoms with E-state index in [1.807, 2.05) is 25.3 Å². The molecule has 0 amide bonds. The zero-order valence-corrected chi connectivity index (χ0v) is 14.0. The zero-order valence-electron chi connectivity index (χ0n) is 13.2. The minimum Gasteiger partial charge on any atom is -0.378 e. The zero-order chi connectivity index (χ0) is 16.4.